The first-order valence-electron chi connectivity index (χ1n) is 9.00. The molecule has 0 spiro atoms. The number of anilines is 1. The number of amides is 2. The highest BCUT2D eigenvalue weighted by molar-refractivity contribution is 7.15. The minimum absolute atomic E-state index is 0.0000736. The van der Waals surface area contributed by atoms with E-state index >= 15 is 0 Å². The minimum Gasteiger partial charge on any atom is -0.333 e. The average molecular weight is 443 g/mol. The summed E-state index contributed by atoms with van der Waals surface area (Å²) < 4.78 is 0. The zero-order valence-electron chi connectivity index (χ0n) is 15.5. The summed E-state index contributed by atoms with van der Waals surface area (Å²) >= 11 is 7.31. The second-order valence-corrected chi connectivity index (χ2v) is 8.10. The van der Waals surface area contributed by atoms with Crippen LogP contribution in [0, 0.1) is 10.1 Å². The monoisotopic (exact) mass is 442 g/mol. The molecule has 1 aromatic heterocycles. The molecule has 0 saturated heterocycles. The molecule has 152 valence electrons. The van der Waals surface area contributed by atoms with Gasteiger partial charge in [0.05, 0.1) is 27.7 Å². The summed E-state index contributed by atoms with van der Waals surface area (Å²) in [5.41, 5.74) is 1.23. The molecule has 0 bridgehead atoms. The van der Waals surface area contributed by atoms with E-state index in [2.05, 4.69) is 10.3 Å². The molecule has 1 aliphatic rings. The minimum atomic E-state index is -0.590. The fraction of sp³-hybridized carbons (Fsp3) is 0.150. The number of nitro benzene ring substituents is 1. The second-order valence-electron chi connectivity index (χ2n) is 6.61. The van der Waals surface area contributed by atoms with Gasteiger partial charge in [-0.2, -0.15) is 0 Å². The maximum absolute atomic E-state index is 12.7. The number of nitrogens with zero attached hydrogens (tertiary/aromatic N) is 3. The topological polar surface area (TPSA) is 105 Å². The molecule has 1 aliphatic heterocycles. The molecule has 4 rings (SSSR count). The number of hydrogen-bond donors (Lipinski definition) is 1. The largest absolute Gasteiger partial charge is 0.333 e. The quantitative estimate of drug-likeness (QED) is 0.482. The third kappa shape index (κ3) is 4.03. The van der Waals surface area contributed by atoms with Crippen molar-refractivity contribution in [1.82, 2.24) is 9.88 Å². The maximum atomic E-state index is 12.7. The molecular weight excluding hydrogens is 428 g/mol. The van der Waals surface area contributed by atoms with Crippen molar-refractivity contribution in [3.05, 3.63) is 85.4 Å². The van der Waals surface area contributed by atoms with Crippen LogP contribution in [-0.2, 0) is 13.0 Å². The Morgan fingerprint density at radius 2 is 1.97 bits per heavy atom. The standard InChI is InChI=1S/C20H15ClN4O4S/c21-15-7-6-13(25(28)29)10-14(15)18(26)23-20-22-16-8-9-24(11-17(16)30-20)19(27)12-4-2-1-3-5-12/h1-7,10H,8-9,11H2,(H,22,23,26). The first kappa shape index (κ1) is 20.0. The molecule has 0 radical (unpaired) electrons. The van der Waals surface area contributed by atoms with Crippen molar-refractivity contribution in [2.24, 2.45) is 0 Å². The molecule has 0 atom stereocenters. The highest BCUT2D eigenvalue weighted by Crippen LogP contribution is 2.30. The van der Waals surface area contributed by atoms with Crippen LogP contribution >= 0.6 is 22.9 Å². The molecule has 0 fully saturated rings. The normalized spacial score (nSPS) is 12.9. The smallest absolute Gasteiger partial charge is 0.270 e. The lowest BCUT2D eigenvalue weighted by Gasteiger charge is -2.26. The number of aromatic nitrogens is 1. The van der Waals surface area contributed by atoms with Crippen LogP contribution in [0.5, 0.6) is 0 Å². The fourth-order valence-corrected chi connectivity index (χ4v) is 4.37. The lowest BCUT2D eigenvalue weighted by Crippen LogP contribution is -2.35. The number of nitrogens with one attached hydrogen (secondary N) is 1. The molecule has 2 aromatic carbocycles. The molecule has 2 heterocycles. The third-order valence-corrected chi connectivity index (χ3v) is 5.99. The summed E-state index contributed by atoms with van der Waals surface area (Å²) in [7, 11) is 0. The number of halogens is 1. The van der Waals surface area contributed by atoms with E-state index in [1.54, 1.807) is 17.0 Å². The Balaban J connectivity index is 1.50. The number of fused-ring (bicyclic) bond motifs is 1. The van der Waals surface area contributed by atoms with Crippen molar-refractivity contribution in [3.63, 3.8) is 0 Å². The van der Waals surface area contributed by atoms with E-state index in [0.717, 1.165) is 16.6 Å². The predicted molar refractivity (Wildman–Crippen MR) is 113 cm³/mol. The molecule has 0 saturated carbocycles. The maximum Gasteiger partial charge on any atom is 0.270 e. The van der Waals surface area contributed by atoms with E-state index in [0.29, 0.717) is 30.2 Å². The highest BCUT2D eigenvalue weighted by Gasteiger charge is 2.26. The lowest BCUT2D eigenvalue weighted by molar-refractivity contribution is -0.384. The van der Waals surface area contributed by atoms with Crippen LogP contribution in [0.3, 0.4) is 0 Å². The first-order chi connectivity index (χ1) is 14.4. The van der Waals surface area contributed by atoms with Crippen LogP contribution < -0.4 is 5.32 Å². The average Bonchev–Trinajstić information content (AvgIpc) is 3.15. The summed E-state index contributed by atoms with van der Waals surface area (Å²) in [6, 6.07) is 12.7. The SMILES string of the molecule is O=C(Nc1nc2c(s1)CN(C(=O)c1ccccc1)CC2)c1cc([N+](=O)[O-])ccc1Cl. The zero-order valence-corrected chi connectivity index (χ0v) is 17.1. The van der Waals surface area contributed by atoms with Gasteiger partial charge in [0, 0.05) is 35.5 Å². The van der Waals surface area contributed by atoms with Crippen LogP contribution in [0.15, 0.2) is 48.5 Å². The van der Waals surface area contributed by atoms with Crippen molar-refractivity contribution in [1.29, 1.82) is 0 Å². The van der Waals surface area contributed by atoms with Gasteiger partial charge in [-0.25, -0.2) is 4.98 Å². The molecular formula is C20H15ClN4O4S. The number of benzene rings is 2. The molecule has 8 nitrogen and oxygen atoms in total. The predicted octanol–water partition coefficient (Wildman–Crippen LogP) is 4.16. The Bertz CT molecular complexity index is 1150. The Morgan fingerprint density at radius 1 is 1.20 bits per heavy atom. The molecule has 1 N–H and O–H groups in total. The van der Waals surface area contributed by atoms with Gasteiger partial charge in [-0.3, -0.25) is 25.0 Å². The van der Waals surface area contributed by atoms with Gasteiger partial charge in [0.15, 0.2) is 5.13 Å². The van der Waals surface area contributed by atoms with E-state index < -0.39 is 10.8 Å². The van der Waals surface area contributed by atoms with Gasteiger partial charge in [0.25, 0.3) is 17.5 Å². The van der Waals surface area contributed by atoms with Crippen molar-refractivity contribution >= 4 is 45.6 Å². The van der Waals surface area contributed by atoms with Crippen molar-refractivity contribution < 1.29 is 14.5 Å². The number of non-ortho nitro benzene ring substituents is 1. The molecule has 10 heteroatoms. The van der Waals surface area contributed by atoms with E-state index in [1.807, 2.05) is 18.2 Å². The Hall–Kier alpha value is -3.30. The molecule has 30 heavy (non-hydrogen) atoms. The summed E-state index contributed by atoms with van der Waals surface area (Å²) in [5, 5.41) is 14.1. The van der Waals surface area contributed by atoms with Crippen LogP contribution in [0.25, 0.3) is 0 Å². The number of nitro groups is 1. The van der Waals surface area contributed by atoms with Crippen molar-refractivity contribution in [2.75, 3.05) is 11.9 Å². The van der Waals surface area contributed by atoms with E-state index in [4.69, 9.17) is 11.6 Å². The van der Waals surface area contributed by atoms with Gasteiger partial charge < -0.3 is 4.90 Å². The first-order valence-corrected chi connectivity index (χ1v) is 10.2. The zero-order chi connectivity index (χ0) is 21.3. The highest BCUT2D eigenvalue weighted by atomic mass is 35.5. The van der Waals surface area contributed by atoms with Gasteiger partial charge in [-0.15, -0.1) is 0 Å². The Kier molecular flexibility index (Phi) is 5.47. The van der Waals surface area contributed by atoms with E-state index in [1.165, 1.54) is 23.5 Å². The summed E-state index contributed by atoms with van der Waals surface area (Å²) in [6.07, 6.45) is 0.581. The van der Waals surface area contributed by atoms with Crippen LogP contribution in [0.2, 0.25) is 5.02 Å². The molecule has 3 aromatic rings. The number of carbonyl (C=O) groups is 2. The van der Waals surface area contributed by atoms with Crippen molar-refractivity contribution in [2.45, 2.75) is 13.0 Å². The summed E-state index contributed by atoms with van der Waals surface area (Å²) in [4.78, 5) is 42.7. The third-order valence-electron chi connectivity index (χ3n) is 4.67. The van der Waals surface area contributed by atoms with Gasteiger partial charge in [0.1, 0.15) is 0 Å². The molecule has 0 unspecified atom stereocenters. The number of hydrogen-bond acceptors (Lipinski definition) is 6. The summed E-state index contributed by atoms with van der Waals surface area (Å²) in [6.45, 7) is 0.947. The number of thiazole rings is 1. The van der Waals surface area contributed by atoms with Gasteiger partial charge in [0.2, 0.25) is 0 Å². The van der Waals surface area contributed by atoms with Gasteiger partial charge in [-0.05, 0) is 18.2 Å². The Morgan fingerprint density at radius 3 is 2.70 bits per heavy atom. The molecule has 0 aliphatic carbocycles. The van der Waals surface area contributed by atoms with Gasteiger partial charge >= 0.3 is 0 Å². The summed E-state index contributed by atoms with van der Waals surface area (Å²) in [5.74, 6) is -0.629. The fourth-order valence-electron chi connectivity index (χ4n) is 3.15. The van der Waals surface area contributed by atoms with Crippen LogP contribution in [-0.4, -0.2) is 33.2 Å². The van der Waals surface area contributed by atoms with E-state index in [-0.39, 0.29) is 22.2 Å². The number of rotatable bonds is 4. The second kappa shape index (κ2) is 8.21. The van der Waals surface area contributed by atoms with Gasteiger partial charge in [-0.1, -0.05) is 41.1 Å². The Labute approximate surface area is 180 Å². The van der Waals surface area contributed by atoms with Crippen LogP contribution in [0.1, 0.15) is 31.3 Å². The van der Waals surface area contributed by atoms with Crippen LogP contribution in [0.4, 0.5) is 10.8 Å². The van der Waals surface area contributed by atoms with Crippen molar-refractivity contribution in [3.8, 4) is 0 Å². The molecule has 2 amide bonds. The number of carbonyl (C=O) groups excluding carboxylic acids is 2. The van der Waals surface area contributed by atoms with E-state index in [9.17, 15) is 19.7 Å². The lowest BCUT2D eigenvalue weighted by atomic mass is 10.1.